The van der Waals surface area contributed by atoms with Gasteiger partial charge in [0, 0.05) is 6.26 Å². The molecule has 0 amide bonds. The Labute approximate surface area is 237 Å². The van der Waals surface area contributed by atoms with Crippen molar-refractivity contribution < 1.29 is 55.4 Å². The van der Waals surface area contributed by atoms with Gasteiger partial charge in [0.15, 0.2) is 0 Å². The molecule has 0 fully saturated rings. The largest absolute Gasteiger partial charge is 4.00 e. The Kier molecular flexibility index (Phi) is 10.9. The normalized spacial score (nSPS) is 13.3. The van der Waals surface area contributed by atoms with E-state index in [0.717, 1.165) is 24.0 Å². The molecule has 0 spiro atoms. The first kappa shape index (κ1) is 30.7. The van der Waals surface area contributed by atoms with Crippen LogP contribution in [-0.2, 0) is 43.5 Å². The molecule has 0 aliphatic heterocycles. The fraction of sp³-hybridized carbons (Fsp3) is 0.333. The van der Waals surface area contributed by atoms with E-state index in [4.69, 9.17) is 4.42 Å². The van der Waals surface area contributed by atoms with E-state index < -0.39 is 0 Å². The Morgan fingerprint density at radius 1 is 0.853 bits per heavy atom. The maximum atomic E-state index is 4.93. The molecule has 0 saturated heterocycles. The molecule has 2 aromatic carbocycles. The number of hydrogen-bond acceptors (Lipinski definition) is 1. The van der Waals surface area contributed by atoms with Crippen LogP contribution >= 0.6 is 0 Å². The summed E-state index contributed by atoms with van der Waals surface area (Å²) in [5.74, 6) is 0. The number of halogens is 2. The second kappa shape index (κ2) is 12.1. The van der Waals surface area contributed by atoms with E-state index in [1.807, 2.05) is 6.07 Å². The molecule has 1 aromatic heterocycles. The molecule has 34 heavy (non-hydrogen) atoms. The molecule has 1 nitrogen and oxygen atoms in total. The predicted molar refractivity (Wildman–Crippen MR) is 130 cm³/mol. The van der Waals surface area contributed by atoms with Gasteiger partial charge >= 0.3 is 26.2 Å². The Bertz CT molecular complexity index is 1080. The molecule has 2 aliphatic carbocycles. The number of rotatable bonds is 1. The van der Waals surface area contributed by atoms with Crippen molar-refractivity contribution >= 4 is 5.57 Å². The van der Waals surface area contributed by atoms with Crippen molar-refractivity contribution in [1.29, 1.82) is 0 Å². The number of hydrogen-bond donors (Lipinski definition) is 0. The Hall–Kier alpha value is -1.34. The van der Waals surface area contributed by atoms with Gasteiger partial charge in [-0.3, -0.25) is 0 Å². The SMILES string of the molecule is CC(C)(C)c1[c-]c2c(cc1)-c1ccc(C(C)(C)C)cc1C2.[C-]1=C(c2ccoc2)C=CC1.[Cl-].[Cl-].[Zr+4]. The first-order chi connectivity index (χ1) is 14.6. The Balaban J connectivity index is 0.000000379. The molecule has 176 valence electrons. The van der Waals surface area contributed by atoms with Crippen LogP contribution in [-0.4, -0.2) is 0 Å². The van der Waals surface area contributed by atoms with E-state index in [-0.39, 0.29) is 61.8 Å². The minimum atomic E-state index is 0. The van der Waals surface area contributed by atoms with Crippen LogP contribution in [0.25, 0.3) is 16.7 Å². The van der Waals surface area contributed by atoms with Crippen molar-refractivity contribution in [2.75, 3.05) is 0 Å². The first-order valence-corrected chi connectivity index (χ1v) is 11.1. The van der Waals surface area contributed by atoms with E-state index >= 15 is 0 Å². The van der Waals surface area contributed by atoms with Crippen LogP contribution in [0.3, 0.4) is 0 Å². The van der Waals surface area contributed by atoms with Crippen LogP contribution in [0, 0.1) is 12.1 Å². The maximum absolute atomic E-state index is 4.93. The third kappa shape index (κ3) is 6.87. The quantitative estimate of drug-likeness (QED) is 0.320. The summed E-state index contributed by atoms with van der Waals surface area (Å²) in [4.78, 5) is 0. The average molecular weight is 571 g/mol. The summed E-state index contributed by atoms with van der Waals surface area (Å²) in [6.07, 6.45) is 12.7. The molecule has 1 heterocycles. The van der Waals surface area contributed by atoms with E-state index in [1.165, 1.54) is 33.4 Å². The van der Waals surface area contributed by atoms with Gasteiger partial charge in [0.2, 0.25) is 0 Å². The number of fused-ring (bicyclic) bond motifs is 3. The molecule has 0 saturated carbocycles. The number of allylic oxidation sites excluding steroid dienone is 4. The third-order valence-electron chi connectivity index (χ3n) is 5.99. The molecule has 5 rings (SSSR count). The van der Waals surface area contributed by atoms with Gasteiger partial charge in [0.05, 0.1) is 6.26 Å². The second-order valence-corrected chi connectivity index (χ2v) is 10.5. The van der Waals surface area contributed by atoms with Gasteiger partial charge in [-0.25, -0.2) is 0 Å². The molecule has 0 radical (unpaired) electrons. The van der Waals surface area contributed by atoms with E-state index in [1.54, 1.807) is 12.5 Å². The van der Waals surface area contributed by atoms with Crippen molar-refractivity contribution in [2.45, 2.75) is 65.2 Å². The molecule has 0 unspecified atom stereocenters. The van der Waals surface area contributed by atoms with Crippen molar-refractivity contribution in [3.63, 3.8) is 0 Å². The predicted octanol–water partition coefficient (Wildman–Crippen LogP) is 2.08. The summed E-state index contributed by atoms with van der Waals surface area (Å²) in [5, 5.41) is 0. The van der Waals surface area contributed by atoms with Crippen LogP contribution in [0.5, 0.6) is 0 Å². The third-order valence-corrected chi connectivity index (χ3v) is 5.99. The van der Waals surface area contributed by atoms with E-state index in [0.29, 0.717) is 0 Å². The van der Waals surface area contributed by atoms with Crippen molar-refractivity contribution in [2.24, 2.45) is 0 Å². The zero-order valence-electron chi connectivity index (χ0n) is 20.9. The van der Waals surface area contributed by atoms with Crippen LogP contribution in [0.1, 0.15) is 75.8 Å². The smallest absolute Gasteiger partial charge is 1.00 e. The molecule has 0 N–H and O–H groups in total. The fourth-order valence-corrected chi connectivity index (χ4v) is 4.05. The Morgan fingerprint density at radius 3 is 2.12 bits per heavy atom. The minimum Gasteiger partial charge on any atom is -1.00 e. The van der Waals surface area contributed by atoms with Gasteiger partial charge in [-0.15, -0.1) is 17.2 Å². The fourth-order valence-electron chi connectivity index (χ4n) is 4.05. The van der Waals surface area contributed by atoms with Crippen molar-refractivity contribution in [1.82, 2.24) is 0 Å². The Morgan fingerprint density at radius 2 is 1.56 bits per heavy atom. The molecule has 4 heteroatoms. The second-order valence-electron chi connectivity index (χ2n) is 10.5. The molecule has 3 aromatic rings. The standard InChI is InChI=1S/C21H25.C9H7O.2ClH.Zr/c1-20(2,3)16-7-9-18-14(12-16)11-15-13-17(21(4,5)6)8-10-19(15)18;1-2-4-8(3-1)9-5-6-10-7-9;;;/h7-10,12H,11H2,1-6H3;1,3,5-7H,2H2;2*1H;/q2*-1;;;+4/p-2. The summed E-state index contributed by atoms with van der Waals surface area (Å²) in [6.45, 7) is 13.6. The zero-order chi connectivity index (χ0) is 22.2. The maximum Gasteiger partial charge on any atom is 4.00 e. The number of furan rings is 1. The molecule has 2 aliphatic rings. The van der Waals surface area contributed by atoms with E-state index in [2.05, 4.69) is 96.2 Å². The summed E-state index contributed by atoms with van der Waals surface area (Å²) in [6, 6.07) is 17.1. The molecule has 0 bridgehead atoms. The van der Waals surface area contributed by atoms with Gasteiger partial charge in [0.25, 0.3) is 0 Å². The van der Waals surface area contributed by atoms with Crippen LogP contribution in [0.15, 0.2) is 65.5 Å². The van der Waals surface area contributed by atoms with E-state index in [9.17, 15) is 0 Å². The molecular weight excluding hydrogens is 538 g/mol. The van der Waals surface area contributed by atoms with Crippen molar-refractivity contribution in [3.05, 3.63) is 101 Å². The summed E-state index contributed by atoms with van der Waals surface area (Å²) >= 11 is 0. The molecule has 0 atom stereocenters. The summed E-state index contributed by atoms with van der Waals surface area (Å²) in [5.41, 5.74) is 11.0. The van der Waals surface area contributed by atoms with Gasteiger partial charge in [-0.1, -0.05) is 83.4 Å². The first-order valence-electron chi connectivity index (χ1n) is 11.1. The summed E-state index contributed by atoms with van der Waals surface area (Å²) in [7, 11) is 0. The van der Waals surface area contributed by atoms with Crippen molar-refractivity contribution in [3.8, 4) is 11.1 Å². The van der Waals surface area contributed by atoms with Gasteiger partial charge in [0.1, 0.15) is 0 Å². The van der Waals surface area contributed by atoms with Crippen LogP contribution < -0.4 is 24.8 Å². The summed E-state index contributed by atoms with van der Waals surface area (Å²) < 4.78 is 4.93. The topological polar surface area (TPSA) is 13.1 Å². The minimum absolute atomic E-state index is 0. The molecular formula is C30H32Cl2OZr. The monoisotopic (exact) mass is 568 g/mol. The zero-order valence-corrected chi connectivity index (χ0v) is 24.8. The van der Waals surface area contributed by atoms with Gasteiger partial charge < -0.3 is 29.2 Å². The van der Waals surface area contributed by atoms with Gasteiger partial charge in [-0.05, 0) is 28.4 Å². The van der Waals surface area contributed by atoms with Gasteiger partial charge in [-0.2, -0.15) is 41.5 Å². The average Bonchev–Trinajstić information content (AvgIpc) is 3.45. The number of benzene rings is 2. The van der Waals surface area contributed by atoms with Crippen LogP contribution in [0.2, 0.25) is 0 Å². The van der Waals surface area contributed by atoms with Crippen LogP contribution in [0.4, 0.5) is 0 Å².